The van der Waals surface area contributed by atoms with Crippen LogP contribution in [-0.4, -0.2) is 15.8 Å². The Hall–Kier alpha value is -3.74. The van der Waals surface area contributed by atoms with E-state index in [2.05, 4.69) is 10.3 Å². The Labute approximate surface area is 149 Å². The summed E-state index contributed by atoms with van der Waals surface area (Å²) in [7, 11) is 0. The van der Waals surface area contributed by atoms with Gasteiger partial charge in [-0.25, -0.2) is 4.98 Å². The van der Waals surface area contributed by atoms with Gasteiger partial charge in [-0.05, 0) is 18.2 Å². The SMILES string of the molecule is O=C(Cc1ccccc1[N+](=O)[O-])Nc1ccc(Oc2ccccc2)nc1. The van der Waals surface area contributed by atoms with Gasteiger partial charge in [-0.15, -0.1) is 0 Å². The molecule has 0 bridgehead atoms. The van der Waals surface area contributed by atoms with E-state index < -0.39 is 4.92 Å². The predicted octanol–water partition coefficient (Wildman–Crippen LogP) is 3.96. The number of benzene rings is 2. The smallest absolute Gasteiger partial charge is 0.273 e. The highest BCUT2D eigenvalue weighted by Crippen LogP contribution is 2.21. The molecule has 26 heavy (non-hydrogen) atoms. The number of carbonyl (C=O) groups is 1. The largest absolute Gasteiger partial charge is 0.439 e. The van der Waals surface area contributed by atoms with E-state index in [1.807, 2.05) is 30.3 Å². The quantitative estimate of drug-likeness (QED) is 0.537. The standard InChI is InChI=1S/C19H15N3O4/c23-18(12-14-6-4-5-9-17(14)22(24)25)21-15-10-11-19(20-13-15)26-16-7-2-1-3-8-16/h1-11,13H,12H2,(H,21,23). The monoisotopic (exact) mass is 349 g/mol. The van der Waals surface area contributed by atoms with Crippen LogP contribution in [0, 0.1) is 10.1 Å². The summed E-state index contributed by atoms with van der Waals surface area (Å²) in [6.45, 7) is 0. The molecule has 3 rings (SSSR count). The Morgan fingerprint density at radius 3 is 2.46 bits per heavy atom. The molecular weight excluding hydrogens is 334 g/mol. The van der Waals surface area contributed by atoms with Gasteiger partial charge in [0.05, 0.1) is 23.2 Å². The lowest BCUT2D eigenvalue weighted by Gasteiger charge is -2.07. The third-order valence-corrected chi connectivity index (χ3v) is 3.53. The van der Waals surface area contributed by atoms with Gasteiger partial charge in [0.1, 0.15) is 5.75 Å². The van der Waals surface area contributed by atoms with Gasteiger partial charge in [0, 0.05) is 17.7 Å². The number of anilines is 1. The van der Waals surface area contributed by atoms with Crippen molar-refractivity contribution in [1.82, 2.24) is 4.98 Å². The molecule has 0 atom stereocenters. The van der Waals surface area contributed by atoms with E-state index in [4.69, 9.17) is 4.74 Å². The number of nitro groups is 1. The van der Waals surface area contributed by atoms with Crippen molar-refractivity contribution in [2.75, 3.05) is 5.32 Å². The molecule has 130 valence electrons. The van der Waals surface area contributed by atoms with Crippen LogP contribution in [0.5, 0.6) is 11.6 Å². The highest BCUT2D eigenvalue weighted by atomic mass is 16.6. The molecule has 1 heterocycles. The summed E-state index contributed by atoms with van der Waals surface area (Å²) in [5.74, 6) is 0.693. The minimum atomic E-state index is -0.500. The number of ether oxygens (including phenoxy) is 1. The Bertz CT molecular complexity index is 912. The minimum absolute atomic E-state index is 0.0765. The number of pyridine rings is 1. The highest BCUT2D eigenvalue weighted by Gasteiger charge is 2.15. The molecule has 1 N–H and O–H groups in total. The highest BCUT2D eigenvalue weighted by molar-refractivity contribution is 5.92. The lowest BCUT2D eigenvalue weighted by molar-refractivity contribution is -0.385. The number of nitrogens with zero attached hydrogens (tertiary/aromatic N) is 2. The maximum atomic E-state index is 12.1. The molecule has 0 saturated heterocycles. The van der Waals surface area contributed by atoms with Gasteiger partial charge < -0.3 is 10.1 Å². The van der Waals surface area contributed by atoms with Crippen molar-refractivity contribution < 1.29 is 14.5 Å². The van der Waals surface area contributed by atoms with E-state index in [0.717, 1.165) is 0 Å². The molecule has 0 fully saturated rings. The Kier molecular flexibility index (Phi) is 5.19. The molecule has 0 spiro atoms. The van der Waals surface area contributed by atoms with Gasteiger partial charge in [0.15, 0.2) is 0 Å². The van der Waals surface area contributed by atoms with Gasteiger partial charge >= 0.3 is 0 Å². The molecule has 3 aromatic rings. The van der Waals surface area contributed by atoms with Gasteiger partial charge in [0.2, 0.25) is 11.8 Å². The van der Waals surface area contributed by atoms with Crippen LogP contribution in [0.25, 0.3) is 0 Å². The first-order valence-corrected chi connectivity index (χ1v) is 7.83. The first-order valence-electron chi connectivity index (χ1n) is 7.83. The number of rotatable bonds is 6. The second-order valence-electron chi connectivity index (χ2n) is 5.41. The van der Waals surface area contributed by atoms with Crippen LogP contribution in [0.4, 0.5) is 11.4 Å². The number of amides is 1. The maximum Gasteiger partial charge on any atom is 0.273 e. The second kappa shape index (κ2) is 7.89. The van der Waals surface area contributed by atoms with Crippen LogP contribution >= 0.6 is 0 Å². The van der Waals surface area contributed by atoms with Gasteiger partial charge in [-0.1, -0.05) is 36.4 Å². The molecule has 0 saturated carbocycles. The summed E-state index contributed by atoms with van der Waals surface area (Å²) in [5, 5.41) is 13.7. The molecule has 0 aliphatic rings. The summed E-state index contributed by atoms with van der Waals surface area (Å²) in [6.07, 6.45) is 1.37. The van der Waals surface area contributed by atoms with E-state index in [0.29, 0.717) is 22.9 Å². The number of para-hydroxylation sites is 2. The third-order valence-electron chi connectivity index (χ3n) is 3.53. The van der Waals surface area contributed by atoms with E-state index >= 15 is 0 Å². The predicted molar refractivity (Wildman–Crippen MR) is 96.2 cm³/mol. The molecule has 7 heteroatoms. The van der Waals surface area contributed by atoms with Crippen LogP contribution in [0.15, 0.2) is 72.9 Å². The summed E-state index contributed by atoms with van der Waals surface area (Å²) in [5.41, 5.74) is 0.758. The van der Waals surface area contributed by atoms with E-state index in [-0.39, 0.29) is 18.0 Å². The number of aromatic nitrogens is 1. The topological polar surface area (TPSA) is 94.4 Å². The van der Waals surface area contributed by atoms with Crippen LogP contribution in [0.3, 0.4) is 0 Å². The summed E-state index contributed by atoms with van der Waals surface area (Å²) in [6, 6.07) is 18.7. The first-order chi connectivity index (χ1) is 12.6. The molecule has 0 radical (unpaired) electrons. The van der Waals surface area contributed by atoms with Crippen LogP contribution in [0.2, 0.25) is 0 Å². The van der Waals surface area contributed by atoms with Crippen molar-refractivity contribution in [3.8, 4) is 11.6 Å². The Morgan fingerprint density at radius 1 is 1.04 bits per heavy atom. The van der Waals surface area contributed by atoms with Crippen molar-refractivity contribution in [2.24, 2.45) is 0 Å². The van der Waals surface area contributed by atoms with Crippen molar-refractivity contribution in [1.29, 1.82) is 0 Å². The zero-order valence-corrected chi connectivity index (χ0v) is 13.7. The van der Waals surface area contributed by atoms with E-state index in [1.54, 1.807) is 30.3 Å². The van der Waals surface area contributed by atoms with Crippen molar-refractivity contribution in [3.63, 3.8) is 0 Å². The molecule has 0 aliphatic carbocycles. The molecule has 2 aromatic carbocycles. The molecule has 0 aliphatic heterocycles. The number of nitro benzene ring substituents is 1. The normalized spacial score (nSPS) is 10.2. The summed E-state index contributed by atoms with van der Waals surface area (Å²) in [4.78, 5) is 26.8. The zero-order valence-electron chi connectivity index (χ0n) is 13.7. The zero-order chi connectivity index (χ0) is 18.4. The number of nitrogens with one attached hydrogen (secondary N) is 1. The van der Waals surface area contributed by atoms with Gasteiger partial charge in [-0.3, -0.25) is 14.9 Å². The van der Waals surface area contributed by atoms with E-state index in [1.165, 1.54) is 12.3 Å². The van der Waals surface area contributed by atoms with Gasteiger partial charge in [0.25, 0.3) is 5.69 Å². The number of hydrogen-bond donors (Lipinski definition) is 1. The summed E-state index contributed by atoms with van der Waals surface area (Å²) < 4.78 is 5.58. The average molecular weight is 349 g/mol. The fraction of sp³-hybridized carbons (Fsp3) is 0.0526. The van der Waals surface area contributed by atoms with Crippen molar-refractivity contribution in [3.05, 3.63) is 88.6 Å². The molecular formula is C19H15N3O4. The molecule has 1 aromatic heterocycles. The first kappa shape index (κ1) is 17.1. The Balaban J connectivity index is 1.62. The molecule has 0 unspecified atom stereocenters. The van der Waals surface area contributed by atoms with Crippen LogP contribution < -0.4 is 10.1 Å². The molecule has 7 nitrogen and oxygen atoms in total. The lowest BCUT2D eigenvalue weighted by Crippen LogP contribution is -2.15. The summed E-state index contributed by atoms with van der Waals surface area (Å²) >= 11 is 0. The third kappa shape index (κ3) is 4.41. The van der Waals surface area contributed by atoms with Crippen molar-refractivity contribution >= 4 is 17.3 Å². The number of hydrogen-bond acceptors (Lipinski definition) is 5. The minimum Gasteiger partial charge on any atom is -0.439 e. The fourth-order valence-electron chi connectivity index (χ4n) is 2.34. The average Bonchev–Trinajstić information content (AvgIpc) is 2.64. The number of carbonyl (C=O) groups excluding carboxylic acids is 1. The van der Waals surface area contributed by atoms with Gasteiger partial charge in [-0.2, -0.15) is 0 Å². The Morgan fingerprint density at radius 2 is 1.77 bits per heavy atom. The lowest BCUT2D eigenvalue weighted by atomic mass is 10.1. The maximum absolute atomic E-state index is 12.1. The van der Waals surface area contributed by atoms with E-state index in [9.17, 15) is 14.9 Å². The fourth-order valence-corrected chi connectivity index (χ4v) is 2.34. The molecule has 1 amide bonds. The van der Waals surface area contributed by atoms with Crippen LogP contribution in [0.1, 0.15) is 5.56 Å². The van der Waals surface area contributed by atoms with Crippen LogP contribution in [-0.2, 0) is 11.2 Å². The second-order valence-corrected chi connectivity index (χ2v) is 5.41. The van der Waals surface area contributed by atoms with Crippen molar-refractivity contribution in [2.45, 2.75) is 6.42 Å².